The van der Waals surface area contributed by atoms with Crippen molar-refractivity contribution in [1.29, 1.82) is 0 Å². The van der Waals surface area contributed by atoms with Crippen LogP contribution in [0.25, 0.3) is 0 Å². The molecule has 0 aliphatic carbocycles. The zero-order valence-corrected chi connectivity index (χ0v) is 14.4. The molecule has 0 radical (unpaired) electrons. The highest BCUT2D eigenvalue weighted by atomic mass is 35.5. The van der Waals surface area contributed by atoms with E-state index in [2.05, 4.69) is 5.32 Å². The van der Waals surface area contributed by atoms with Crippen molar-refractivity contribution >= 4 is 33.0 Å². The van der Waals surface area contributed by atoms with Crippen LogP contribution < -0.4 is 5.32 Å². The smallest absolute Gasteiger partial charge is 0.225 e. The van der Waals surface area contributed by atoms with Gasteiger partial charge in [0.25, 0.3) is 0 Å². The first-order valence-corrected chi connectivity index (χ1v) is 9.43. The van der Waals surface area contributed by atoms with Gasteiger partial charge in [0.05, 0.1) is 11.5 Å². The van der Waals surface area contributed by atoms with Gasteiger partial charge in [0.2, 0.25) is 5.91 Å². The first kappa shape index (κ1) is 17.2. The summed E-state index contributed by atoms with van der Waals surface area (Å²) in [4.78, 5) is 13.9. The van der Waals surface area contributed by atoms with Crippen molar-refractivity contribution in [3.8, 4) is 0 Å². The summed E-state index contributed by atoms with van der Waals surface area (Å²) in [7, 11) is -1.03. The van der Waals surface area contributed by atoms with Gasteiger partial charge in [-0.3, -0.25) is 4.79 Å². The minimum absolute atomic E-state index is 0.0200. The number of nitrogens with one attached hydrogen (secondary N) is 1. The third-order valence-corrected chi connectivity index (χ3v) is 6.14. The maximum Gasteiger partial charge on any atom is 0.225 e. The van der Waals surface area contributed by atoms with Crippen LogP contribution in [0.15, 0.2) is 18.2 Å². The van der Waals surface area contributed by atoms with E-state index in [1.807, 2.05) is 31.0 Å². The second-order valence-electron chi connectivity index (χ2n) is 5.80. The van der Waals surface area contributed by atoms with Crippen molar-refractivity contribution in [1.82, 2.24) is 4.90 Å². The summed E-state index contributed by atoms with van der Waals surface area (Å²) in [5.74, 6) is 0.335. The molecule has 1 aliphatic rings. The number of rotatable bonds is 5. The molecule has 122 valence electrons. The molecule has 1 N–H and O–H groups in total. The first-order valence-electron chi connectivity index (χ1n) is 7.23. The Hall–Kier alpha value is -1.11. The minimum atomic E-state index is -2.89. The molecule has 0 bridgehead atoms. The van der Waals surface area contributed by atoms with E-state index in [1.54, 1.807) is 6.07 Å². The Labute approximate surface area is 136 Å². The molecule has 5 nitrogen and oxygen atoms in total. The maximum absolute atomic E-state index is 12.0. The van der Waals surface area contributed by atoms with Crippen LogP contribution in [0.1, 0.15) is 18.4 Å². The Bertz CT molecular complexity index is 661. The largest absolute Gasteiger partial charge is 0.326 e. The van der Waals surface area contributed by atoms with Crippen molar-refractivity contribution in [2.45, 2.75) is 25.8 Å². The lowest BCUT2D eigenvalue weighted by molar-refractivity contribution is -0.116. The number of carbonyl (C=O) groups is 1. The molecule has 1 amide bonds. The lowest BCUT2D eigenvalue weighted by Gasteiger charge is -2.22. The fourth-order valence-electron chi connectivity index (χ4n) is 2.48. The second-order valence-corrected chi connectivity index (χ2v) is 8.44. The maximum atomic E-state index is 12.0. The molecule has 1 unspecified atom stereocenters. The van der Waals surface area contributed by atoms with Crippen LogP contribution in [-0.4, -0.2) is 50.4 Å². The van der Waals surface area contributed by atoms with Crippen LogP contribution >= 0.6 is 11.6 Å². The third-order valence-electron chi connectivity index (χ3n) is 3.98. The Kier molecular flexibility index (Phi) is 5.47. The number of carbonyl (C=O) groups excluding carboxylic acids is 1. The Balaban J connectivity index is 1.81. The molecule has 1 atom stereocenters. The first-order chi connectivity index (χ1) is 10.3. The number of sulfone groups is 1. The summed E-state index contributed by atoms with van der Waals surface area (Å²) in [6.07, 6.45) is 0.965. The molecular weight excluding hydrogens is 324 g/mol. The number of aryl methyl sites for hydroxylation is 1. The Morgan fingerprint density at radius 2 is 2.18 bits per heavy atom. The van der Waals surface area contributed by atoms with E-state index in [0.29, 0.717) is 30.1 Å². The van der Waals surface area contributed by atoms with Gasteiger partial charge in [-0.15, -0.1) is 0 Å². The van der Waals surface area contributed by atoms with Crippen molar-refractivity contribution in [2.75, 3.05) is 30.4 Å². The highest BCUT2D eigenvalue weighted by molar-refractivity contribution is 7.91. The van der Waals surface area contributed by atoms with E-state index in [9.17, 15) is 13.2 Å². The highest BCUT2D eigenvalue weighted by Crippen LogP contribution is 2.20. The van der Waals surface area contributed by atoms with Crippen LogP contribution in [0.2, 0.25) is 5.02 Å². The molecule has 1 fully saturated rings. The highest BCUT2D eigenvalue weighted by Gasteiger charge is 2.30. The topological polar surface area (TPSA) is 66.5 Å². The van der Waals surface area contributed by atoms with Crippen molar-refractivity contribution in [3.63, 3.8) is 0 Å². The zero-order valence-electron chi connectivity index (χ0n) is 12.8. The molecule has 1 heterocycles. The molecule has 1 aromatic carbocycles. The predicted molar refractivity (Wildman–Crippen MR) is 89.1 cm³/mol. The molecule has 1 aliphatic heterocycles. The van der Waals surface area contributed by atoms with E-state index in [0.717, 1.165) is 5.56 Å². The zero-order chi connectivity index (χ0) is 16.3. The summed E-state index contributed by atoms with van der Waals surface area (Å²) < 4.78 is 22.9. The van der Waals surface area contributed by atoms with Gasteiger partial charge in [-0.1, -0.05) is 17.7 Å². The molecule has 0 aromatic heterocycles. The van der Waals surface area contributed by atoms with Gasteiger partial charge in [0.1, 0.15) is 0 Å². The normalized spacial score (nSPS) is 20.3. The summed E-state index contributed by atoms with van der Waals surface area (Å²) in [5, 5.41) is 3.42. The molecule has 1 aromatic rings. The Morgan fingerprint density at radius 1 is 1.45 bits per heavy atom. The number of hydrogen-bond acceptors (Lipinski definition) is 4. The number of nitrogens with zero attached hydrogens (tertiary/aromatic N) is 1. The summed E-state index contributed by atoms with van der Waals surface area (Å²) in [6.45, 7) is 2.43. The van der Waals surface area contributed by atoms with Gasteiger partial charge >= 0.3 is 0 Å². The quantitative estimate of drug-likeness (QED) is 0.888. The lowest BCUT2D eigenvalue weighted by atomic mass is 10.2. The van der Waals surface area contributed by atoms with Crippen molar-refractivity contribution < 1.29 is 13.2 Å². The number of hydrogen-bond donors (Lipinski definition) is 1. The number of halogens is 1. The van der Waals surface area contributed by atoms with Crippen LogP contribution in [0.5, 0.6) is 0 Å². The van der Waals surface area contributed by atoms with E-state index in [-0.39, 0.29) is 23.5 Å². The van der Waals surface area contributed by atoms with Crippen LogP contribution in [0, 0.1) is 6.92 Å². The van der Waals surface area contributed by atoms with Gasteiger partial charge < -0.3 is 10.2 Å². The van der Waals surface area contributed by atoms with Crippen molar-refractivity contribution in [2.24, 2.45) is 0 Å². The molecule has 2 rings (SSSR count). The fourth-order valence-corrected chi connectivity index (χ4v) is 4.46. The SMILES string of the molecule is Cc1ccc(NC(=O)CCN(C)C2CCS(=O)(=O)C2)cc1Cl. The van der Waals surface area contributed by atoms with Gasteiger partial charge in [-0.05, 0) is 38.1 Å². The van der Waals surface area contributed by atoms with E-state index >= 15 is 0 Å². The lowest BCUT2D eigenvalue weighted by Crippen LogP contribution is -2.35. The van der Waals surface area contributed by atoms with Gasteiger partial charge in [0, 0.05) is 29.7 Å². The predicted octanol–water partition coefficient (Wildman–Crippen LogP) is 2.10. The fraction of sp³-hybridized carbons (Fsp3) is 0.533. The summed E-state index contributed by atoms with van der Waals surface area (Å²) in [5.41, 5.74) is 1.63. The van der Waals surface area contributed by atoms with Crippen molar-refractivity contribution in [3.05, 3.63) is 28.8 Å². The molecule has 0 spiro atoms. The molecular formula is C15H21ClN2O3S. The molecule has 0 saturated carbocycles. The average Bonchev–Trinajstić information content (AvgIpc) is 2.81. The molecule has 7 heteroatoms. The second kappa shape index (κ2) is 6.98. The van der Waals surface area contributed by atoms with E-state index in [1.165, 1.54) is 0 Å². The summed E-state index contributed by atoms with van der Waals surface area (Å²) in [6, 6.07) is 5.41. The third kappa shape index (κ3) is 4.69. The van der Waals surface area contributed by atoms with Gasteiger partial charge in [0.15, 0.2) is 9.84 Å². The van der Waals surface area contributed by atoms with Gasteiger partial charge in [-0.2, -0.15) is 0 Å². The number of amides is 1. The Morgan fingerprint density at radius 3 is 2.77 bits per heavy atom. The molecule has 1 saturated heterocycles. The number of anilines is 1. The van der Waals surface area contributed by atoms with Crippen LogP contribution in [-0.2, 0) is 14.6 Å². The van der Waals surface area contributed by atoms with E-state index < -0.39 is 9.84 Å². The van der Waals surface area contributed by atoms with Gasteiger partial charge in [-0.25, -0.2) is 8.42 Å². The van der Waals surface area contributed by atoms with Crippen LogP contribution in [0.4, 0.5) is 5.69 Å². The molecule has 22 heavy (non-hydrogen) atoms. The number of benzene rings is 1. The van der Waals surface area contributed by atoms with Crippen LogP contribution in [0.3, 0.4) is 0 Å². The monoisotopic (exact) mass is 344 g/mol. The standard InChI is InChI=1S/C15H21ClN2O3S/c1-11-3-4-12(9-14(11)16)17-15(19)5-7-18(2)13-6-8-22(20,21)10-13/h3-4,9,13H,5-8,10H2,1-2H3,(H,17,19). The summed E-state index contributed by atoms with van der Waals surface area (Å²) >= 11 is 6.02. The van der Waals surface area contributed by atoms with E-state index in [4.69, 9.17) is 11.6 Å². The average molecular weight is 345 g/mol. The minimum Gasteiger partial charge on any atom is -0.326 e.